The Hall–Kier alpha value is -2.12. The molecule has 0 saturated heterocycles. The van der Waals surface area contributed by atoms with Crippen molar-refractivity contribution in [1.82, 2.24) is 0 Å². The molecule has 0 saturated carbocycles. The highest BCUT2D eigenvalue weighted by atomic mass is 31.2. The van der Waals surface area contributed by atoms with Gasteiger partial charge in [-0.05, 0) is 12.3 Å². The lowest BCUT2D eigenvalue weighted by Gasteiger charge is -2.25. The number of carboxylic acid groups (broad SMARTS) is 1. The van der Waals surface area contributed by atoms with Gasteiger partial charge in [0.15, 0.2) is 0 Å². The lowest BCUT2D eigenvalue weighted by molar-refractivity contribution is -0.137. The van der Waals surface area contributed by atoms with E-state index in [9.17, 15) is 9.36 Å². The number of benzene rings is 2. The molecule has 0 aromatic heterocycles. The Balaban J connectivity index is 2.00. The first-order chi connectivity index (χ1) is 11.1. The fourth-order valence-corrected chi connectivity index (χ4v) is 6.43. The van der Waals surface area contributed by atoms with Crippen molar-refractivity contribution in [2.45, 2.75) is 18.5 Å². The second-order valence-corrected chi connectivity index (χ2v) is 8.89. The highest BCUT2D eigenvalue weighted by molar-refractivity contribution is 7.79. The predicted molar refractivity (Wildman–Crippen MR) is 93.0 cm³/mol. The van der Waals surface area contributed by atoms with Gasteiger partial charge in [-0.1, -0.05) is 72.8 Å². The number of allylic oxidation sites excluding steroid dienone is 2. The summed E-state index contributed by atoms with van der Waals surface area (Å²) >= 11 is 0. The molecule has 0 unspecified atom stereocenters. The van der Waals surface area contributed by atoms with Gasteiger partial charge in [-0.15, -0.1) is 0 Å². The first-order valence-electron chi connectivity index (χ1n) is 7.72. The van der Waals surface area contributed by atoms with E-state index in [0.717, 1.165) is 10.6 Å². The topological polar surface area (TPSA) is 54.4 Å². The summed E-state index contributed by atoms with van der Waals surface area (Å²) in [6, 6.07) is 19.1. The van der Waals surface area contributed by atoms with Gasteiger partial charge in [-0.2, -0.15) is 0 Å². The number of rotatable bonds is 5. The van der Waals surface area contributed by atoms with Crippen molar-refractivity contribution in [3.05, 3.63) is 72.8 Å². The van der Waals surface area contributed by atoms with Crippen LogP contribution < -0.4 is 10.6 Å². The molecule has 2 atom stereocenters. The van der Waals surface area contributed by atoms with Crippen LogP contribution in [0, 0.1) is 5.92 Å². The zero-order valence-corrected chi connectivity index (χ0v) is 13.6. The Kier molecular flexibility index (Phi) is 4.49. The molecule has 0 spiro atoms. The minimum atomic E-state index is -2.83. The molecule has 0 radical (unpaired) electrons. The van der Waals surface area contributed by atoms with E-state index in [2.05, 4.69) is 0 Å². The van der Waals surface area contributed by atoms with Crippen molar-refractivity contribution in [2.24, 2.45) is 5.92 Å². The van der Waals surface area contributed by atoms with Gasteiger partial charge in [0.05, 0.1) is 6.42 Å². The van der Waals surface area contributed by atoms with Crippen molar-refractivity contribution >= 4 is 23.7 Å². The van der Waals surface area contributed by atoms with Gasteiger partial charge < -0.3 is 9.67 Å². The predicted octanol–water partition coefficient (Wildman–Crippen LogP) is 3.42. The van der Waals surface area contributed by atoms with Crippen LogP contribution in [0.25, 0.3) is 0 Å². The van der Waals surface area contributed by atoms with Crippen LogP contribution in [-0.4, -0.2) is 16.7 Å². The highest BCUT2D eigenvalue weighted by Gasteiger charge is 2.38. The zero-order valence-electron chi connectivity index (χ0n) is 12.7. The lowest BCUT2D eigenvalue weighted by Crippen LogP contribution is -2.24. The molecule has 0 heterocycles. The van der Waals surface area contributed by atoms with E-state index in [1.807, 2.05) is 72.8 Å². The standard InChI is InChI=1S/C19H19O3P/c20-19(21)14-15-11-12-18(13-15)23(22,16-7-3-1-4-8-16)17-9-5-2-6-10-17/h1-12,15,18H,13-14H2,(H,20,21)/t15-,18+/m1/s1. The number of carboxylic acids is 1. The number of carbonyl (C=O) groups is 1. The van der Waals surface area contributed by atoms with Crippen LogP contribution in [0.3, 0.4) is 0 Å². The summed E-state index contributed by atoms with van der Waals surface area (Å²) in [7, 11) is -2.83. The maximum absolute atomic E-state index is 14.1. The number of aliphatic carboxylic acids is 1. The molecule has 0 amide bonds. The van der Waals surface area contributed by atoms with E-state index in [-0.39, 0.29) is 18.0 Å². The molecule has 2 aromatic carbocycles. The van der Waals surface area contributed by atoms with Gasteiger partial charge in [0.1, 0.15) is 7.14 Å². The van der Waals surface area contributed by atoms with Gasteiger partial charge in [-0.3, -0.25) is 4.79 Å². The molecule has 0 fully saturated rings. The maximum atomic E-state index is 14.1. The Bertz CT molecular complexity index is 709. The van der Waals surface area contributed by atoms with E-state index < -0.39 is 13.1 Å². The quantitative estimate of drug-likeness (QED) is 0.676. The fraction of sp³-hybridized carbons (Fsp3) is 0.211. The first-order valence-corrected chi connectivity index (χ1v) is 9.49. The van der Waals surface area contributed by atoms with E-state index in [1.54, 1.807) is 0 Å². The van der Waals surface area contributed by atoms with Crippen molar-refractivity contribution in [1.29, 1.82) is 0 Å². The summed E-state index contributed by atoms with van der Waals surface area (Å²) in [5.74, 6) is -0.854. The summed E-state index contributed by atoms with van der Waals surface area (Å²) in [4.78, 5) is 10.9. The van der Waals surface area contributed by atoms with E-state index >= 15 is 0 Å². The minimum Gasteiger partial charge on any atom is -0.481 e. The molecule has 1 N–H and O–H groups in total. The molecule has 23 heavy (non-hydrogen) atoms. The second-order valence-electron chi connectivity index (χ2n) is 5.87. The normalized spacial score (nSPS) is 20.5. The summed E-state index contributed by atoms with van der Waals surface area (Å²) in [5.41, 5.74) is -0.142. The molecule has 118 valence electrons. The Labute approximate surface area is 136 Å². The summed E-state index contributed by atoms with van der Waals surface area (Å²) in [6.07, 6.45) is 4.58. The number of hydrogen-bond acceptors (Lipinski definition) is 2. The van der Waals surface area contributed by atoms with Crippen molar-refractivity contribution in [3.63, 3.8) is 0 Å². The van der Waals surface area contributed by atoms with Crippen LogP contribution in [0.15, 0.2) is 72.8 Å². The van der Waals surface area contributed by atoms with E-state index in [0.29, 0.717) is 6.42 Å². The third-order valence-corrected chi connectivity index (χ3v) is 7.78. The van der Waals surface area contributed by atoms with Crippen LogP contribution >= 0.6 is 7.14 Å². The van der Waals surface area contributed by atoms with Crippen LogP contribution in [0.5, 0.6) is 0 Å². The smallest absolute Gasteiger partial charge is 0.303 e. The summed E-state index contributed by atoms with van der Waals surface area (Å²) in [5, 5.41) is 10.7. The Morgan fingerprint density at radius 2 is 1.48 bits per heavy atom. The van der Waals surface area contributed by atoms with Crippen LogP contribution in [0.2, 0.25) is 0 Å². The maximum Gasteiger partial charge on any atom is 0.303 e. The average molecular weight is 326 g/mol. The zero-order chi connectivity index (χ0) is 16.3. The number of hydrogen-bond donors (Lipinski definition) is 1. The average Bonchev–Trinajstić information content (AvgIpc) is 3.04. The van der Waals surface area contributed by atoms with Gasteiger partial charge >= 0.3 is 5.97 Å². The molecular formula is C19H19O3P. The minimum absolute atomic E-state index is 0.0433. The molecule has 3 nitrogen and oxygen atoms in total. The molecule has 0 bridgehead atoms. The van der Waals surface area contributed by atoms with Crippen LogP contribution in [0.1, 0.15) is 12.8 Å². The largest absolute Gasteiger partial charge is 0.481 e. The third kappa shape index (κ3) is 3.16. The molecular weight excluding hydrogens is 307 g/mol. The third-order valence-electron chi connectivity index (χ3n) is 4.33. The molecule has 0 aliphatic heterocycles. The summed E-state index contributed by atoms with van der Waals surface area (Å²) in [6.45, 7) is 0. The first kappa shape index (κ1) is 15.8. The van der Waals surface area contributed by atoms with Crippen molar-refractivity contribution in [2.75, 3.05) is 0 Å². The van der Waals surface area contributed by atoms with Gasteiger partial charge in [0.2, 0.25) is 0 Å². The molecule has 1 aliphatic rings. The van der Waals surface area contributed by atoms with Crippen LogP contribution in [-0.2, 0) is 9.36 Å². The van der Waals surface area contributed by atoms with Crippen LogP contribution in [0.4, 0.5) is 0 Å². The SMILES string of the molecule is O=C(O)C[C@@H]1C=C[C@H](P(=O)(c2ccccc2)c2ccccc2)C1. The fourth-order valence-electron chi connectivity index (χ4n) is 3.23. The Morgan fingerprint density at radius 3 is 1.96 bits per heavy atom. The van der Waals surface area contributed by atoms with Crippen molar-refractivity contribution in [3.8, 4) is 0 Å². The molecule has 2 aromatic rings. The second kappa shape index (κ2) is 6.55. The van der Waals surface area contributed by atoms with E-state index in [4.69, 9.17) is 5.11 Å². The molecule has 3 rings (SSSR count). The van der Waals surface area contributed by atoms with E-state index in [1.165, 1.54) is 0 Å². The lowest BCUT2D eigenvalue weighted by atomic mass is 10.1. The van der Waals surface area contributed by atoms with Gasteiger partial charge in [0, 0.05) is 16.3 Å². The van der Waals surface area contributed by atoms with Gasteiger partial charge in [0.25, 0.3) is 0 Å². The van der Waals surface area contributed by atoms with Crippen molar-refractivity contribution < 1.29 is 14.5 Å². The Morgan fingerprint density at radius 1 is 0.957 bits per heavy atom. The summed E-state index contributed by atoms with van der Waals surface area (Å²) < 4.78 is 14.1. The monoisotopic (exact) mass is 326 g/mol. The highest BCUT2D eigenvalue weighted by Crippen LogP contribution is 2.53. The molecule has 4 heteroatoms. The van der Waals surface area contributed by atoms with Gasteiger partial charge in [-0.25, -0.2) is 0 Å². The molecule has 1 aliphatic carbocycles.